The lowest BCUT2D eigenvalue weighted by Crippen LogP contribution is -2.48. The Labute approximate surface area is 92.0 Å². The number of piperidine rings is 1. The monoisotopic (exact) mass is 214 g/mol. The minimum atomic E-state index is 0.0473. The first-order chi connectivity index (χ1) is 7.13. The molecule has 1 N–H and O–H groups in total. The van der Waals surface area contributed by atoms with E-state index in [-0.39, 0.29) is 12.1 Å². The van der Waals surface area contributed by atoms with Crippen LogP contribution >= 0.6 is 0 Å². The number of rotatable bonds is 3. The molecular weight excluding hydrogens is 192 g/mol. The van der Waals surface area contributed by atoms with Crippen molar-refractivity contribution in [3.8, 4) is 0 Å². The Kier molecular flexibility index (Phi) is 4.88. The van der Waals surface area contributed by atoms with Gasteiger partial charge < -0.3 is 15.0 Å². The molecule has 2 amide bonds. The molecule has 88 valence electrons. The Balaban J connectivity index is 2.32. The zero-order chi connectivity index (χ0) is 11.3. The molecule has 2 atom stereocenters. The summed E-state index contributed by atoms with van der Waals surface area (Å²) in [5.41, 5.74) is 0. The van der Waals surface area contributed by atoms with E-state index in [2.05, 4.69) is 12.2 Å². The average Bonchev–Trinajstić information content (AvgIpc) is 2.18. The molecule has 2 unspecified atom stereocenters. The van der Waals surface area contributed by atoms with Crippen molar-refractivity contribution in [1.29, 1.82) is 0 Å². The molecule has 0 aliphatic carbocycles. The first kappa shape index (κ1) is 12.3. The highest BCUT2D eigenvalue weighted by Crippen LogP contribution is 2.15. The third kappa shape index (κ3) is 4.08. The summed E-state index contributed by atoms with van der Waals surface area (Å²) >= 11 is 0. The van der Waals surface area contributed by atoms with Crippen LogP contribution in [0.2, 0.25) is 0 Å². The van der Waals surface area contributed by atoms with Crippen LogP contribution < -0.4 is 5.32 Å². The van der Waals surface area contributed by atoms with E-state index in [1.165, 1.54) is 6.42 Å². The van der Waals surface area contributed by atoms with E-state index in [1.54, 1.807) is 7.11 Å². The van der Waals surface area contributed by atoms with Crippen molar-refractivity contribution in [3.05, 3.63) is 0 Å². The van der Waals surface area contributed by atoms with Gasteiger partial charge in [0.15, 0.2) is 0 Å². The highest BCUT2D eigenvalue weighted by atomic mass is 16.5. The van der Waals surface area contributed by atoms with Gasteiger partial charge in [-0.05, 0) is 25.7 Å². The first-order valence-electron chi connectivity index (χ1n) is 5.68. The second-order valence-corrected chi connectivity index (χ2v) is 4.50. The molecule has 1 saturated heterocycles. The molecule has 0 radical (unpaired) electrons. The van der Waals surface area contributed by atoms with E-state index >= 15 is 0 Å². The number of hydrogen-bond donors (Lipinski definition) is 1. The lowest BCUT2D eigenvalue weighted by molar-refractivity contribution is 0.147. The molecule has 4 nitrogen and oxygen atoms in total. The second-order valence-electron chi connectivity index (χ2n) is 4.50. The van der Waals surface area contributed by atoms with E-state index in [1.807, 2.05) is 11.8 Å². The molecular formula is C11H22N2O2. The van der Waals surface area contributed by atoms with E-state index in [9.17, 15) is 4.79 Å². The number of urea groups is 1. The minimum Gasteiger partial charge on any atom is -0.383 e. The fourth-order valence-electron chi connectivity index (χ4n) is 1.97. The highest BCUT2D eigenvalue weighted by molar-refractivity contribution is 5.74. The van der Waals surface area contributed by atoms with Crippen molar-refractivity contribution in [3.63, 3.8) is 0 Å². The number of likely N-dealkylation sites (tertiary alicyclic amines) is 1. The molecule has 4 heteroatoms. The first-order valence-corrected chi connectivity index (χ1v) is 5.68. The van der Waals surface area contributed by atoms with Gasteiger partial charge in [0, 0.05) is 20.2 Å². The highest BCUT2D eigenvalue weighted by Gasteiger charge is 2.21. The molecule has 0 bridgehead atoms. The number of methoxy groups -OCH3 is 1. The predicted molar refractivity (Wildman–Crippen MR) is 59.8 cm³/mol. The van der Waals surface area contributed by atoms with Gasteiger partial charge in [0.05, 0.1) is 12.6 Å². The molecule has 0 saturated carbocycles. The molecule has 1 aliphatic rings. The van der Waals surface area contributed by atoms with Crippen LogP contribution in [0.1, 0.15) is 26.7 Å². The van der Waals surface area contributed by atoms with Crippen molar-refractivity contribution >= 4 is 6.03 Å². The quantitative estimate of drug-likeness (QED) is 0.773. The maximum Gasteiger partial charge on any atom is 0.317 e. The van der Waals surface area contributed by atoms with Crippen LogP contribution in [0.5, 0.6) is 0 Å². The van der Waals surface area contributed by atoms with E-state index in [0.717, 1.165) is 19.5 Å². The fourth-order valence-corrected chi connectivity index (χ4v) is 1.97. The topological polar surface area (TPSA) is 41.6 Å². The zero-order valence-corrected chi connectivity index (χ0v) is 9.95. The summed E-state index contributed by atoms with van der Waals surface area (Å²) in [5, 5.41) is 2.93. The van der Waals surface area contributed by atoms with Crippen molar-refractivity contribution < 1.29 is 9.53 Å². The average molecular weight is 214 g/mol. The molecule has 0 aromatic carbocycles. The van der Waals surface area contributed by atoms with Crippen LogP contribution in [-0.4, -0.2) is 43.8 Å². The Morgan fingerprint density at radius 1 is 1.67 bits per heavy atom. The lowest BCUT2D eigenvalue weighted by Gasteiger charge is -2.31. The zero-order valence-electron chi connectivity index (χ0n) is 9.95. The van der Waals surface area contributed by atoms with Crippen LogP contribution in [0.25, 0.3) is 0 Å². The summed E-state index contributed by atoms with van der Waals surface area (Å²) in [6, 6.07) is 0.130. The van der Waals surface area contributed by atoms with Gasteiger partial charge in [-0.2, -0.15) is 0 Å². The number of ether oxygens (including phenoxy) is 1. The van der Waals surface area contributed by atoms with Crippen LogP contribution in [0, 0.1) is 5.92 Å². The van der Waals surface area contributed by atoms with E-state index < -0.39 is 0 Å². The van der Waals surface area contributed by atoms with Crippen LogP contribution in [0.4, 0.5) is 4.79 Å². The van der Waals surface area contributed by atoms with Crippen molar-refractivity contribution in [2.24, 2.45) is 5.92 Å². The number of hydrogen-bond acceptors (Lipinski definition) is 2. The maximum atomic E-state index is 11.8. The summed E-state index contributed by atoms with van der Waals surface area (Å²) in [6.07, 6.45) is 2.35. The summed E-state index contributed by atoms with van der Waals surface area (Å²) in [6.45, 7) is 6.48. The number of nitrogens with zero attached hydrogens (tertiary/aromatic N) is 1. The molecule has 1 heterocycles. The largest absolute Gasteiger partial charge is 0.383 e. The van der Waals surface area contributed by atoms with Crippen LogP contribution in [-0.2, 0) is 4.74 Å². The Morgan fingerprint density at radius 3 is 3.00 bits per heavy atom. The molecule has 1 aliphatic heterocycles. The fraction of sp³-hybridized carbons (Fsp3) is 0.909. The lowest BCUT2D eigenvalue weighted by atomic mass is 10.0. The standard InChI is InChI=1S/C11H22N2O2/c1-9-5-4-6-13(7-9)11(14)12-10(2)8-15-3/h9-10H,4-8H2,1-3H3,(H,12,14). The number of carbonyl (C=O) groups excluding carboxylic acids is 1. The second kappa shape index (κ2) is 5.95. The summed E-state index contributed by atoms with van der Waals surface area (Å²) in [7, 11) is 1.64. The number of nitrogens with one attached hydrogen (secondary N) is 1. The van der Waals surface area contributed by atoms with Gasteiger partial charge in [-0.3, -0.25) is 0 Å². The Bertz CT molecular complexity index is 209. The maximum absolute atomic E-state index is 11.8. The van der Waals surface area contributed by atoms with Gasteiger partial charge in [-0.1, -0.05) is 6.92 Å². The van der Waals surface area contributed by atoms with E-state index in [4.69, 9.17) is 4.74 Å². The van der Waals surface area contributed by atoms with Gasteiger partial charge >= 0.3 is 6.03 Å². The summed E-state index contributed by atoms with van der Waals surface area (Å²) in [5.74, 6) is 0.627. The summed E-state index contributed by atoms with van der Waals surface area (Å²) in [4.78, 5) is 13.7. The molecule has 0 spiro atoms. The van der Waals surface area contributed by atoms with Crippen molar-refractivity contribution in [1.82, 2.24) is 10.2 Å². The van der Waals surface area contributed by atoms with Crippen molar-refractivity contribution in [2.45, 2.75) is 32.7 Å². The third-order valence-corrected chi connectivity index (χ3v) is 2.73. The van der Waals surface area contributed by atoms with Gasteiger partial charge in [0.2, 0.25) is 0 Å². The Hall–Kier alpha value is -0.770. The van der Waals surface area contributed by atoms with Gasteiger partial charge in [-0.15, -0.1) is 0 Å². The Morgan fingerprint density at radius 2 is 2.40 bits per heavy atom. The molecule has 0 aromatic rings. The molecule has 1 fully saturated rings. The SMILES string of the molecule is COCC(C)NC(=O)N1CCCC(C)C1. The molecule has 15 heavy (non-hydrogen) atoms. The van der Waals surface area contributed by atoms with Gasteiger partial charge in [-0.25, -0.2) is 4.79 Å². The smallest absolute Gasteiger partial charge is 0.317 e. The third-order valence-electron chi connectivity index (χ3n) is 2.73. The van der Waals surface area contributed by atoms with Gasteiger partial charge in [0.25, 0.3) is 0 Å². The predicted octanol–water partition coefficient (Wildman–Crippen LogP) is 1.46. The number of amides is 2. The van der Waals surface area contributed by atoms with Crippen LogP contribution in [0.3, 0.4) is 0 Å². The normalized spacial score (nSPS) is 23.7. The van der Waals surface area contributed by atoms with Crippen LogP contribution in [0.15, 0.2) is 0 Å². The number of carbonyl (C=O) groups is 1. The summed E-state index contributed by atoms with van der Waals surface area (Å²) < 4.78 is 4.98. The molecule has 0 aromatic heterocycles. The minimum absolute atomic E-state index is 0.0473. The van der Waals surface area contributed by atoms with Gasteiger partial charge in [0.1, 0.15) is 0 Å². The van der Waals surface area contributed by atoms with Crippen molar-refractivity contribution in [2.75, 3.05) is 26.8 Å². The molecule has 1 rings (SSSR count). The van der Waals surface area contributed by atoms with E-state index in [0.29, 0.717) is 12.5 Å².